The van der Waals surface area contributed by atoms with Gasteiger partial charge in [-0.15, -0.1) is 6.58 Å². The highest BCUT2D eigenvalue weighted by Gasteiger charge is 2.49. The normalized spacial score (nSPS) is 22.3. The Morgan fingerprint density at radius 1 is 0.805 bits per heavy atom. The second kappa shape index (κ2) is 14.2. The molecule has 212 valence electrons. The van der Waals surface area contributed by atoms with Crippen molar-refractivity contribution in [3.05, 3.63) is 132 Å². The molecule has 4 aromatic rings. The van der Waals surface area contributed by atoms with Crippen molar-refractivity contribution in [3.63, 3.8) is 0 Å². The number of carbonyl (C=O) groups is 1. The summed E-state index contributed by atoms with van der Waals surface area (Å²) in [4.78, 5) is 13.1. The van der Waals surface area contributed by atoms with Crippen molar-refractivity contribution in [3.8, 4) is 0 Å². The molecule has 0 aromatic heterocycles. The predicted octanol–water partition coefficient (Wildman–Crippen LogP) is 5.46. The van der Waals surface area contributed by atoms with E-state index in [1.54, 1.807) is 30.3 Å². The number of aliphatic hydroxyl groups is 1. The van der Waals surface area contributed by atoms with Gasteiger partial charge in [0.25, 0.3) is 0 Å². The van der Waals surface area contributed by atoms with Crippen molar-refractivity contribution in [1.29, 1.82) is 0 Å². The van der Waals surface area contributed by atoms with Crippen LogP contribution in [-0.2, 0) is 36.9 Å². The minimum Gasteiger partial charge on any atom is -0.450 e. The molecule has 5 atom stereocenters. The third-order valence-corrected chi connectivity index (χ3v) is 6.90. The third-order valence-electron chi connectivity index (χ3n) is 6.90. The van der Waals surface area contributed by atoms with E-state index in [2.05, 4.69) is 6.58 Å². The van der Waals surface area contributed by atoms with Crippen LogP contribution in [0.2, 0.25) is 0 Å². The second-order valence-corrected chi connectivity index (χ2v) is 9.85. The van der Waals surface area contributed by atoms with E-state index in [0.29, 0.717) is 12.2 Å². The molecule has 0 bridgehead atoms. The fourth-order valence-corrected chi connectivity index (χ4v) is 4.80. The van der Waals surface area contributed by atoms with E-state index in [1.165, 1.54) is 0 Å². The zero-order valence-corrected chi connectivity index (χ0v) is 22.7. The van der Waals surface area contributed by atoms with Crippen molar-refractivity contribution < 1.29 is 33.6 Å². The average molecular weight is 555 g/mol. The number of carbonyl (C=O) groups excluding carboxylic acids is 1. The lowest BCUT2D eigenvalue weighted by molar-refractivity contribution is -0.307. The molecule has 7 heteroatoms. The fraction of sp³-hybridized carbons (Fsp3) is 0.265. The first-order valence-corrected chi connectivity index (χ1v) is 13.7. The number of benzene rings is 4. The first-order chi connectivity index (χ1) is 20.1. The maximum atomic E-state index is 13.1. The topological polar surface area (TPSA) is 83.5 Å². The van der Waals surface area contributed by atoms with Crippen LogP contribution in [0.25, 0.3) is 10.8 Å². The highest BCUT2D eigenvalue weighted by Crippen LogP contribution is 2.29. The number of esters is 1. The van der Waals surface area contributed by atoms with E-state index >= 15 is 0 Å². The zero-order valence-electron chi connectivity index (χ0n) is 22.7. The number of fused-ring (bicyclic) bond motifs is 1. The van der Waals surface area contributed by atoms with Crippen LogP contribution < -0.4 is 0 Å². The number of rotatable bonds is 12. The molecule has 41 heavy (non-hydrogen) atoms. The van der Waals surface area contributed by atoms with Crippen LogP contribution in [-0.4, -0.2) is 55.0 Å². The lowest BCUT2D eigenvalue weighted by Gasteiger charge is -2.43. The monoisotopic (exact) mass is 554 g/mol. The summed E-state index contributed by atoms with van der Waals surface area (Å²) >= 11 is 0. The predicted molar refractivity (Wildman–Crippen MR) is 155 cm³/mol. The summed E-state index contributed by atoms with van der Waals surface area (Å²) in [6, 6.07) is 32.5. The summed E-state index contributed by atoms with van der Waals surface area (Å²) in [5, 5.41) is 13.7. The van der Waals surface area contributed by atoms with Crippen molar-refractivity contribution >= 4 is 16.7 Å². The molecule has 1 fully saturated rings. The van der Waals surface area contributed by atoms with Gasteiger partial charge in [0, 0.05) is 0 Å². The average Bonchev–Trinajstić information content (AvgIpc) is 3.02. The molecule has 0 radical (unpaired) electrons. The number of ether oxygens (including phenoxy) is 5. The van der Waals surface area contributed by atoms with Gasteiger partial charge in [-0.1, -0.05) is 91.0 Å². The maximum Gasteiger partial charge on any atom is 0.338 e. The molecular weight excluding hydrogens is 520 g/mol. The largest absolute Gasteiger partial charge is 0.450 e. The Hall–Kier alpha value is -3.85. The van der Waals surface area contributed by atoms with Gasteiger partial charge in [-0.05, 0) is 40.1 Å². The molecule has 0 amide bonds. The van der Waals surface area contributed by atoms with Gasteiger partial charge < -0.3 is 28.8 Å². The van der Waals surface area contributed by atoms with Gasteiger partial charge in [0.2, 0.25) is 0 Å². The van der Waals surface area contributed by atoms with Crippen molar-refractivity contribution in [2.45, 2.75) is 43.9 Å². The highest BCUT2D eigenvalue weighted by molar-refractivity contribution is 5.89. The molecule has 1 heterocycles. The molecule has 0 saturated carbocycles. The Bertz CT molecular complexity index is 1410. The first-order valence-electron chi connectivity index (χ1n) is 13.7. The van der Waals surface area contributed by atoms with Crippen LogP contribution in [0, 0.1) is 0 Å². The molecule has 4 aromatic carbocycles. The molecule has 0 aliphatic carbocycles. The summed E-state index contributed by atoms with van der Waals surface area (Å²) in [5.74, 6) is -0.573. The van der Waals surface area contributed by atoms with Gasteiger partial charge in [-0.2, -0.15) is 0 Å². The van der Waals surface area contributed by atoms with Crippen molar-refractivity contribution in [1.82, 2.24) is 0 Å². The van der Waals surface area contributed by atoms with Gasteiger partial charge in [-0.3, -0.25) is 0 Å². The van der Waals surface area contributed by atoms with Gasteiger partial charge in [0.1, 0.15) is 18.3 Å². The summed E-state index contributed by atoms with van der Waals surface area (Å²) in [6.07, 6.45) is -3.40. The second-order valence-electron chi connectivity index (χ2n) is 9.85. The molecule has 7 nitrogen and oxygen atoms in total. The lowest BCUT2D eigenvalue weighted by Crippen LogP contribution is -2.61. The van der Waals surface area contributed by atoms with Gasteiger partial charge in [0.15, 0.2) is 12.4 Å². The lowest BCUT2D eigenvalue weighted by atomic mass is 9.98. The third kappa shape index (κ3) is 7.47. The van der Waals surface area contributed by atoms with E-state index in [9.17, 15) is 9.90 Å². The fourth-order valence-electron chi connectivity index (χ4n) is 4.80. The SMILES string of the molecule is C=CCO[C@@H]1OC(COCc2ccccc2)[C@H](O)C(OCc2ccc3ccccc3c2)C1OC(=O)c1ccccc1. The Labute approximate surface area is 239 Å². The van der Waals surface area contributed by atoms with Crippen LogP contribution in [0.4, 0.5) is 0 Å². The van der Waals surface area contributed by atoms with Crippen LogP contribution in [0.1, 0.15) is 21.5 Å². The van der Waals surface area contributed by atoms with Crippen LogP contribution in [0.5, 0.6) is 0 Å². The van der Waals surface area contributed by atoms with E-state index in [-0.39, 0.29) is 19.8 Å². The Morgan fingerprint density at radius 3 is 2.27 bits per heavy atom. The molecule has 1 aliphatic heterocycles. The van der Waals surface area contributed by atoms with Crippen LogP contribution >= 0.6 is 0 Å². The van der Waals surface area contributed by atoms with E-state index in [0.717, 1.165) is 21.9 Å². The molecule has 3 unspecified atom stereocenters. The van der Waals surface area contributed by atoms with Crippen LogP contribution in [0.15, 0.2) is 116 Å². The number of hydrogen-bond donors (Lipinski definition) is 1. The standard InChI is InChI=1S/C34H34O7/c1-2-19-38-34-32(41-33(36)27-14-7-4-8-15-27)31(39-22-25-17-18-26-13-9-10-16-28(26)20-25)30(35)29(40-34)23-37-21-24-11-5-3-6-12-24/h2-18,20,29-32,34-35H,1,19,21-23H2/t29?,30-,31?,32?,34+/m0/s1. The number of aliphatic hydroxyl groups excluding tert-OH is 1. The quantitative estimate of drug-likeness (QED) is 0.184. The van der Waals surface area contributed by atoms with Crippen molar-refractivity contribution in [2.24, 2.45) is 0 Å². The molecular formula is C34H34O7. The van der Waals surface area contributed by atoms with Gasteiger partial charge >= 0.3 is 5.97 Å². The summed E-state index contributed by atoms with van der Waals surface area (Å²) in [5.41, 5.74) is 2.28. The zero-order chi connectivity index (χ0) is 28.4. The molecule has 0 spiro atoms. The number of hydrogen-bond acceptors (Lipinski definition) is 7. The minimum atomic E-state index is -1.16. The Balaban J connectivity index is 1.37. The highest BCUT2D eigenvalue weighted by atomic mass is 16.7. The van der Waals surface area contributed by atoms with Crippen LogP contribution in [0.3, 0.4) is 0 Å². The summed E-state index contributed by atoms with van der Waals surface area (Å²) in [7, 11) is 0. The van der Waals surface area contributed by atoms with E-state index in [1.807, 2.05) is 78.9 Å². The summed E-state index contributed by atoms with van der Waals surface area (Å²) < 4.78 is 30.1. The maximum absolute atomic E-state index is 13.1. The minimum absolute atomic E-state index is 0.0825. The molecule has 5 rings (SSSR count). The van der Waals surface area contributed by atoms with E-state index < -0.39 is 36.7 Å². The van der Waals surface area contributed by atoms with Crippen molar-refractivity contribution in [2.75, 3.05) is 13.2 Å². The Morgan fingerprint density at radius 2 is 1.51 bits per heavy atom. The van der Waals surface area contributed by atoms with Gasteiger partial charge in [0.05, 0.1) is 32.0 Å². The smallest absolute Gasteiger partial charge is 0.338 e. The molecule has 1 saturated heterocycles. The molecule has 1 aliphatic rings. The summed E-state index contributed by atoms with van der Waals surface area (Å²) in [6.45, 7) is 4.48. The van der Waals surface area contributed by atoms with Gasteiger partial charge in [-0.25, -0.2) is 4.79 Å². The molecule has 1 N–H and O–H groups in total. The first kappa shape index (κ1) is 28.7. The van der Waals surface area contributed by atoms with E-state index in [4.69, 9.17) is 23.7 Å². The Kier molecular flexibility index (Phi) is 9.91.